The predicted octanol–water partition coefficient (Wildman–Crippen LogP) is 2.73. The van der Waals surface area contributed by atoms with Crippen molar-refractivity contribution in [2.75, 3.05) is 0 Å². The molecule has 0 fully saturated rings. The molecule has 0 saturated heterocycles. The van der Waals surface area contributed by atoms with Gasteiger partial charge in [0.15, 0.2) is 11.5 Å². The first-order valence-corrected chi connectivity index (χ1v) is 5.60. The minimum atomic E-state index is -4.89. The van der Waals surface area contributed by atoms with Crippen LogP contribution in [0.5, 0.6) is 0 Å². The third-order valence-electron chi connectivity index (χ3n) is 2.83. The smallest absolute Gasteiger partial charge is 0.434 e. The van der Waals surface area contributed by atoms with Crippen molar-refractivity contribution in [3.05, 3.63) is 42.0 Å². The Morgan fingerprint density at radius 1 is 1.33 bits per heavy atom. The van der Waals surface area contributed by atoms with Gasteiger partial charge in [-0.05, 0) is 12.1 Å². The largest absolute Gasteiger partial charge is 0.478 e. The van der Waals surface area contributed by atoms with Gasteiger partial charge in [0.25, 0.3) is 0 Å². The topological polar surface area (TPSA) is 81.1 Å². The van der Waals surface area contributed by atoms with E-state index in [1.807, 2.05) is 0 Å². The van der Waals surface area contributed by atoms with Gasteiger partial charge in [-0.2, -0.15) is 18.3 Å². The Hall–Kier alpha value is -2.84. The van der Waals surface area contributed by atoms with E-state index in [9.17, 15) is 18.0 Å². The summed E-state index contributed by atoms with van der Waals surface area (Å²) >= 11 is 0. The van der Waals surface area contributed by atoms with Crippen molar-refractivity contribution in [1.29, 1.82) is 0 Å². The molecule has 0 unspecified atom stereocenters. The summed E-state index contributed by atoms with van der Waals surface area (Å²) < 4.78 is 45.0. The molecule has 0 aliphatic carbocycles. The number of pyridine rings is 1. The maximum absolute atomic E-state index is 13.1. The highest BCUT2D eigenvalue weighted by molar-refractivity contribution is 5.90. The highest BCUT2D eigenvalue weighted by Crippen LogP contribution is 2.34. The van der Waals surface area contributed by atoms with E-state index in [0.717, 1.165) is 0 Å². The zero-order valence-corrected chi connectivity index (χ0v) is 10.1. The number of halogens is 3. The Balaban J connectivity index is 2.33. The second kappa shape index (κ2) is 4.33. The van der Waals surface area contributed by atoms with Crippen molar-refractivity contribution in [2.45, 2.75) is 6.18 Å². The van der Waals surface area contributed by atoms with Crippen molar-refractivity contribution < 1.29 is 27.5 Å². The second-order valence-corrected chi connectivity index (χ2v) is 4.09. The molecule has 0 bridgehead atoms. The Kier molecular flexibility index (Phi) is 2.71. The van der Waals surface area contributed by atoms with Gasteiger partial charge in [-0.15, -0.1) is 0 Å². The maximum atomic E-state index is 13.1. The number of carbonyl (C=O) groups is 1. The molecule has 3 aromatic rings. The van der Waals surface area contributed by atoms with E-state index in [-0.39, 0.29) is 5.82 Å². The van der Waals surface area contributed by atoms with Gasteiger partial charge >= 0.3 is 12.1 Å². The molecule has 3 heterocycles. The van der Waals surface area contributed by atoms with E-state index in [1.165, 1.54) is 24.6 Å². The first-order valence-electron chi connectivity index (χ1n) is 5.60. The van der Waals surface area contributed by atoms with Crippen LogP contribution in [-0.2, 0) is 6.18 Å². The number of hydrogen-bond donors (Lipinski definition) is 1. The normalized spacial score (nSPS) is 12.0. The first-order chi connectivity index (χ1) is 9.89. The Morgan fingerprint density at radius 3 is 2.76 bits per heavy atom. The summed E-state index contributed by atoms with van der Waals surface area (Å²) in [6.45, 7) is 0. The number of carboxylic acids is 1. The van der Waals surface area contributed by atoms with Crippen LogP contribution in [0.3, 0.4) is 0 Å². The molecule has 0 saturated carbocycles. The lowest BCUT2D eigenvalue weighted by atomic mass is 10.2. The van der Waals surface area contributed by atoms with Gasteiger partial charge in [-0.25, -0.2) is 14.5 Å². The van der Waals surface area contributed by atoms with Gasteiger partial charge in [0, 0.05) is 6.20 Å². The standard InChI is InChI=1S/C12H6F3N3O3/c13-12(14,15)9-7(11(19)20)5-17-18(9)10-6-2-4-21-8(6)1-3-16-10/h1-5H,(H,19,20). The molecule has 108 valence electrons. The predicted molar refractivity (Wildman–Crippen MR) is 63.1 cm³/mol. The molecule has 0 spiro atoms. The molecule has 1 N–H and O–H groups in total. The molecule has 3 aromatic heterocycles. The lowest BCUT2D eigenvalue weighted by Crippen LogP contribution is -2.18. The second-order valence-electron chi connectivity index (χ2n) is 4.09. The quantitative estimate of drug-likeness (QED) is 0.786. The highest BCUT2D eigenvalue weighted by atomic mass is 19.4. The molecule has 9 heteroatoms. The highest BCUT2D eigenvalue weighted by Gasteiger charge is 2.41. The summed E-state index contributed by atoms with van der Waals surface area (Å²) in [5.74, 6) is -1.87. The van der Waals surface area contributed by atoms with Crippen LogP contribution in [0.1, 0.15) is 16.1 Å². The zero-order chi connectivity index (χ0) is 15.2. The van der Waals surface area contributed by atoms with Crippen LogP contribution in [0.15, 0.2) is 35.2 Å². The third kappa shape index (κ3) is 2.02. The fraction of sp³-hybridized carbons (Fsp3) is 0.0833. The monoisotopic (exact) mass is 297 g/mol. The average molecular weight is 297 g/mol. The molecule has 0 atom stereocenters. The third-order valence-corrected chi connectivity index (χ3v) is 2.83. The Bertz CT molecular complexity index is 835. The molecule has 0 radical (unpaired) electrons. The van der Waals surface area contributed by atoms with E-state index in [1.54, 1.807) is 0 Å². The number of carboxylic acid groups (broad SMARTS) is 1. The number of alkyl halides is 3. The number of fused-ring (bicyclic) bond motifs is 1. The summed E-state index contributed by atoms with van der Waals surface area (Å²) in [4.78, 5) is 14.8. The number of aromatic carboxylic acids is 1. The van der Waals surface area contributed by atoms with Crippen LogP contribution in [-0.4, -0.2) is 25.8 Å². The van der Waals surface area contributed by atoms with E-state index in [0.29, 0.717) is 21.8 Å². The van der Waals surface area contributed by atoms with Crippen molar-refractivity contribution >= 4 is 16.9 Å². The molecule has 0 aromatic carbocycles. The molecular formula is C12H6F3N3O3. The summed E-state index contributed by atoms with van der Waals surface area (Å²) in [6, 6.07) is 2.91. The van der Waals surface area contributed by atoms with Crippen molar-refractivity contribution in [3.63, 3.8) is 0 Å². The van der Waals surface area contributed by atoms with Gasteiger partial charge in [0.1, 0.15) is 11.1 Å². The number of nitrogens with zero attached hydrogens (tertiary/aromatic N) is 3. The molecule has 0 aliphatic heterocycles. The van der Waals surface area contributed by atoms with Crippen LogP contribution < -0.4 is 0 Å². The van der Waals surface area contributed by atoms with Crippen LogP contribution in [0.2, 0.25) is 0 Å². The van der Waals surface area contributed by atoms with E-state index < -0.39 is 23.4 Å². The minimum absolute atomic E-state index is 0.152. The minimum Gasteiger partial charge on any atom is -0.478 e. The summed E-state index contributed by atoms with van der Waals surface area (Å²) in [6.07, 6.45) is -1.70. The molecule has 3 rings (SSSR count). The van der Waals surface area contributed by atoms with Crippen LogP contribution >= 0.6 is 0 Å². The van der Waals surface area contributed by atoms with E-state index in [2.05, 4.69) is 10.1 Å². The SMILES string of the molecule is O=C(O)c1cnn(-c2nccc3occc23)c1C(F)(F)F. The van der Waals surface area contributed by atoms with Gasteiger partial charge in [0.2, 0.25) is 0 Å². The average Bonchev–Trinajstić information content (AvgIpc) is 3.04. The Morgan fingerprint density at radius 2 is 2.10 bits per heavy atom. The van der Waals surface area contributed by atoms with Crippen LogP contribution in [0.4, 0.5) is 13.2 Å². The summed E-state index contributed by atoms with van der Waals surface area (Å²) in [5, 5.41) is 12.7. The molecule has 6 nitrogen and oxygen atoms in total. The van der Waals surface area contributed by atoms with Crippen LogP contribution in [0, 0.1) is 0 Å². The summed E-state index contributed by atoms with van der Waals surface area (Å²) in [7, 11) is 0. The Labute approximate surface area is 114 Å². The number of furan rings is 1. The van der Waals surface area contributed by atoms with Crippen molar-refractivity contribution in [3.8, 4) is 5.82 Å². The lowest BCUT2D eigenvalue weighted by Gasteiger charge is -2.11. The van der Waals surface area contributed by atoms with Crippen molar-refractivity contribution in [2.24, 2.45) is 0 Å². The number of rotatable bonds is 2. The fourth-order valence-electron chi connectivity index (χ4n) is 1.99. The van der Waals surface area contributed by atoms with Crippen LogP contribution in [0.25, 0.3) is 16.8 Å². The molecule has 0 aliphatic rings. The van der Waals surface area contributed by atoms with E-state index >= 15 is 0 Å². The molecule has 0 amide bonds. The fourth-order valence-corrected chi connectivity index (χ4v) is 1.99. The van der Waals surface area contributed by atoms with Crippen molar-refractivity contribution in [1.82, 2.24) is 14.8 Å². The summed E-state index contributed by atoms with van der Waals surface area (Å²) in [5.41, 5.74) is -2.01. The van der Waals surface area contributed by atoms with Gasteiger partial charge in [-0.1, -0.05) is 0 Å². The first kappa shape index (κ1) is 13.2. The number of aromatic nitrogens is 3. The van der Waals surface area contributed by atoms with Gasteiger partial charge in [-0.3, -0.25) is 0 Å². The maximum Gasteiger partial charge on any atom is 0.434 e. The lowest BCUT2D eigenvalue weighted by molar-refractivity contribution is -0.143. The number of hydrogen-bond acceptors (Lipinski definition) is 4. The molecule has 21 heavy (non-hydrogen) atoms. The van der Waals surface area contributed by atoms with E-state index in [4.69, 9.17) is 9.52 Å². The molecular weight excluding hydrogens is 291 g/mol. The van der Waals surface area contributed by atoms with Gasteiger partial charge in [0.05, 0.1) is 17.8 Å². The zero-order valence-electron chi connectivity index (χ0n) is 10.1. The van der Waals surface area contributed by atoms with Gasteiger partial charge < -0.3 is 9.52 Å².